The second kappa shape index (κ2) is 4.98. The number of carboxylic acid groups (broad SMARTS) is 1. The number of carbonyl (C=O) groups is 2. The first-order valence-electron chi connectivity index (χ1n) is 5.15. The third kappa shape index (κ3) is 3.77. The minimum atomic E-state index is -0.848. The molecule has 4 heteroatoms. The normalized spacial score (nSPS) is 17.5. The van der Waals surface area contributed by atoms with Gasteiger partial charge in [0.25, 0.3) is 0 Å². The first-order valence-corrected chi connectivity index (χ1v) is 5.15. The monoisotopic (exact) mass is 199 g/mol. The maximum absolute atomic E-state index is 11.4. The van der Waals surface area contributed by atoms with Crippen LogP contribution in [0.2, 0.25) is 0 Å². The summed E-state index contributed by atoms with van der Waals surface area (Å²) < 4.78 is 0. The van der Waals surface area contributed by atoms with Crippen LogP contribution in [0.4, 0.5) is 0 Å². The fraction of sp³-hybridized carbons (Fsp3) is 0.800. The van der Waals surface area contributed by atoms with Crippen molar-refractivity contribution in [3.63, 3.8) is 0 Å². The van der Waals surface area contributed by atoms with Gasteiger partial charge < -0.3 is 10.4 Å². The van der Waals surface area contributed by atoms with Crippen molar-refractivity contribution in [1.29, 1.82) is 0 Å². The summed E-state index contributed by atoms with van der Waals surface area (Å²) in [6, 6.07) is -0.189. The number of nitrogens with one attached hydrogen (secondary N) is 1. The Kier molecular flexibility index (Phi) is 3.92. The van der Waals surface area contributed by atoms with Crippen molar-refractivity contribution in [2.24, 2.45) is 5.92 Å². The summed E-state index contributed by atoms with van der Waals surface area (Å²) in [6.07, 6.45) is 3.58. The van der Waals surface area contributed by atoms with E-state index in [0.717, 1.165) is 25.7 Å². The second-order valence-corrected chi connectivity index (χ2v) is 3.87. The van der Waals surface area contributed by atoms with Gasteiger partial charge in [-0.25, -0.2) is 0 Å². The SMILES string of the molecule is CCCC(CC(=O)O)NC(=O)C1CC1. The lowest BCUT2D eigenvalue weighted by molar-refractivity contribution is -0.137. The van der Waals surface area contributed by atoms with Crippen LogP contribution in [-0.2, 0) is 9.59 Å². The Balaban J connectivity index is 2.32. The Hall–Kier alpha value is -1.06. The van der Waals surface area contributed by atoms with E-state index in [-0.39, 0.29) is 24.3 Å². The van der Waals surface area contributed by atoms with E-state index in [1.54, 1.807) is 0 Å². The quantitative estimate of drug-likeness (QED) is 0.674. The number of aliphatic carboxylic acids is 1. The third-order valence-electron chi connectivity index (χ3n) is 2.35. The lowest BCUT2D eigenvalue weighted by atomic mass is 10.1. The number of carboxylic acids is 1. The van der Waals surface area contributed by atoms with Gasteiger partial charge in [-0.05, 0) is 19.3 Å². The first-order chi connectivity index (χ1) is 6.63. The van der Waals surface area contributed by atoms with Crippen LogP contribution in [0.3, 0.4) is 0 Å². The largest absolute Gasteiger partial charge is 0.481 e. The molecule has 0 saturated heterocycles. The molecule has 2 N–H and O–H groups in total. The summed E-state index contributed by atoms with van der Waals surface area (Å²) >= 11 is 0. The van der Waals surface area contributed by atoms with E-state index in [0.29, 0.717) is 0 Å². The predicted octanol–water partition coefficient (Wildman–Crippen LogP) is 1.16. The molecule has 14 heavy (non-hydrogen) atoms. The van der Waals surface area contributed by atoms with Crippen LogP contribution in [0.5, 0.6) is 0 Å². The molecular formula is C10H17NO3. The maximum Gasteiger partial charge on any atom is 0.305 e. The van der Waals surface area contributed by atoms with Gasteiger partial charge >= 0.3 is 5.97 Å². The van der Waals surface area contributed by atoms with Crippen LogP contribution in [-0.4, -0.2) is 23.0 Å². The van der Waals surface area contributed by atoms with Gasteiger partial charge in [0.2, 0.25) is 5.91 Å². The van der Waals surface area contributed by atoms with Crippen molar-refractivity contribution in [2.45, 2.75) is 45.1 Å². The highest BCUT2D eigenvalue weighted by Crippen LogP contribution is 2.29. The summed E-state index contributed by atoms with van der Waals surface area (Å²) in [5.74, 6) is -0.660. The van der Waals surface area contributed by atoms with Gasteiger partial charge in [0.15, 0.2) is 0 Å². The molecule has 1 fully saturated rings. The Morgan fingerprint density at radius 3 is 2.57 bits per heavy atom. The van der Waals surface area contributed by atoms with E-state index in [1.165, 1.54) is 0 Å². The summed E-state index contributed by atoms with van der Waals surface area (Å²) in [7, 11) is 0. The molecule has 80 valence electrons. The average Bonchev–Trinajstić information content (AvgIpc) is 2.84. The van der Waals surface area contributed by atoms with Gasteiger partial charge in [-0.15, -0.1) is 0 Å². The molecule has 0 heterocycles. The molecule has 1 unspecified atom stereocenters. The minimum Gasteiger partial charge on any atom is -0.481 e. The summed E-state index contributed by atoms with van der Waals surface area (Å²) in [5.41, 5.74) is 0. The number of amides is 1. The molecule has 0 bridgehead atoms. The lowest BCUT2D eigenvalue weighted by Gasteiger charge is -2.15. The van der Waals surface area contributed by atoms with Crippen molar-refractivity contribution < 1.29 is 14.7 Å². The standard InChI is InChI=1S/C10H17NO3/c1-2-3-8(6-9(12)13)11-10(14)7-4-5-7/h7-8H,2-6H2,1H3,(H,11,14)(H,12,13). The minimum absolute atomic E-state index is 0.0321. The van der Waals surface area contributed by atoms with E-state index < -0.39 is 5.97 Å². The van der Waals surface area contributed by atoms with Crippen molar-refractivity contribution in [3.05, 3.63) is 0 Å². The molecule has 1 saturated carbocycles. The molecule has 1 rings (SSSR count). The molecule has 0 spiro atoms. The first kappa shape index (κ1) is 11.0. The number of rotatable bonds is 6. The Labute approximate surface area is 83.7 Å². The van der Waals surface area contributed by atoms with E-state index in [4.69, 9.17) is 5.11 Å². The molecule has 0 aliphatic heterocycles. The number of carbonyl (C=O) groups excluding carboxylic acids is 1. The summed E-state index contributed by atoms with van der Waals surface area (Å²) in [4.78, 5) is 21.9. The van der Waals surface area contributed by atoms with E-state index in [1.807, 2.05) is 6.92 Å². The molecule has 0 aromatic carbocycles. The zero-order chi connectivity index (χ0) is 10.6. The molecule has 1 aliphatic carbocycles. The second-order valence-electron chi connectivity index (χ2n) is 3.87. The Morgan fingerprint density at radius 2 is 2.14 bits per heavy atom. The number of hydrogen-bond acceptors (Lipinski definition) is 2. The van der Waals surface area contributed by atoms with Gasteiger partial charge in [0.1, 0.15) is 0 Å². The highest BCUT2D eigenvalue weighted by molar-refractivity contribution is 5.81. The van der Waals surface area contributed by atoms with Crippen LogP contribution < -0.4 is 5.32 Å². The van der Waals surface area contributed by atoms with Crippen LogP contribution in [0.15, 0.2) is 0 Å². The lowest BCUT2D eigenvalue weighted by Crippen LogP contribution is -2.37. The van der Waals surface area contributed by atoms with Crippen molar-refractivity contribution in [1.82, 2.24) is 5.32 Å². The molecule has 0 aromatic rings. The Bertz CT molecular complexity index is 223. The van der Waals surface area contributed by atoms with Gasteiger partial charge in [0, 0.05) is 12.0 Å². The maximum atomic E-state index is 11.4. The van der Waals surface area contributed by atoms with E-state index in [2.05, 4.69) is 5.32 Å². The van der Waals surface area contributed by atoms with E-state index >= 15 is 0 Å². The van der Waals surface area contributed by atoms with Crippen LogP contribution in [0.25, 0.3) is 0 Å². The molecule has 1 atom stereocenters. The van der Waals surface area contributed by atoms with Crippen LogP contribution in [0, 0.1) is 5.92 Å². The summed E-state index contributed by atoms with van der Waals surface area (Å²) in [5, 5.41) is 11.4. The molecular weight excluding hydrogens is 182 g/mol. The third-order valence-corrected chi connectivity index (χ3v) is 2.35. The van der Waals surface area contributed by atoms with Crippen molar-refractivity contribution >= 4 is 11.9 Å². The highest BCUT2D eigenvalue weighted by atomic mass is 16.4. The molecule has 0 radical (unpaired) electrons. The van der Waals surface area contributed by atoms with Gasteiger partial charge in [-0.1, -0.05) is 13.3 Å². The predicted molar refractivity (Wildman–Crippen MR) is 51.8 cm³/mol. The van der Waals surface area contributed by atoms with Crippen molar-refractivity contribution in [3.8, 4) is 0 Å². The fourth-order valence-corrected chi connectivity index (χ4v) is 1.45. The zero-order valence-corrected chi connectivity index (χ0v) is 8.45. The Morgan fingerprint density at radius 1 is 1.50 bits per heavy atom. The topological polar surface area (TPSA) is 66.4 Å². The molecule has 1 amide bonds. The molecule has 0 aromatic heterocycles. The summed E-state index contributed by atoms with van der Waals surface area (Å²) in [6.45, 7) is 1.98. The number of hydrogen-bond donors (Lipinski definition) is 2. The smallest absolute Gasteiger partial charge is 0.305 e. The van der Waals surface area contributed by atoms with Crippen LogP contribution >= 0.6 is 0 Å². The average molecular weight is 199 g/mol. The van der Waals surface area contributed by atoms with Gasteiger partial charge in [-0.2, -0.15) is 0 Å². The highest BCUT2D eigenvalue weighted by Gasteiger charge is 2.31. The van der Waals surface area contributed by atoms with E-state index in [9.17, 15) is 9.59 Å². The molecule has 4 nitrogen and oxygen atoms in total. The van der Waals surface area contributed by atoms with Crippen LogP contribution in [0.1, 0.15) is 39.0 Å². The zero-order valence-electron chi connectivity index (χ0n) is 8.45. The van der Waals surface area contributed by atoms with Gasteiger partial charge in [-0.3, -0.25) is 9.59 Å². The molecule has 1 aliphatic rings. The van der Waals surface area contributed by atoms with Gasteiger partial charge in [0.05, 0.1) is 6.42 Å². The van der Waals surface area contributed by atoms with Crippen molar-refractivity contribution in [2.75, 3.05) is 0 Å². The fourth-order valence-electron chi connectivity index (χ4n) is 1.45.